The number of rotatable bonds is 8. The van der Waals surface area contributed by atoms with Crippen molar-refractivity contribution in [2.75, 3.05) is 32.8 Å². The average molecular weight is 662 g/mol. The number of ether oxygens (including phenoxy) is 4. The zero-order valence-corrected chi connectivity index (χ0v) is 30.3. The first-order valence-corrected chi connectivity index (χ1v) is 18.8. The molecule has 9 heteroatoms. The molecule has 0 aromatic carbocycles. The molecule has 5 aliphatic carbocycles. The van der Waals surface area contributed by atoms with Crippen LogP contribution in [-0.2, 0) is 23.7 Å². The Morgan fingerprint density at radius 2 is 1.77 bits per heavy atom. The van der Waals surface area contributed by atoms with Crippen molar-refractivity contribution in [3.8, 4) is 0 Å². The molecular weight excluding hydrogens is 598 g/mol. The first-order valence-electron chi connectivity index (χ1n) is 18.8. The van der Waals surface area contributed by atoms with Crippen LogP contribution in [-0.4, -0.2) is 101 Å². The lowest BCUT2D eigenvalue weighted by atomic mass is 9.41. The molecule has 268 valence electrons. The minimum absolute atomic E-state index is 0.0141. The lowest BCUT2D eigenvalue weighted by molar-refractivity contribution is -0.248. The van der Waals surface area contributed by atoms with Crippen LogP contribution < -0.4 is 0 Å². The van der Waals surface area contributed by atoms with Gasteiger partial charge >= 0.3 is 5.97 Å². The van der Waals surface area contributed by atoms with Crippen molar-refractivity contribution in [1.82, 2.24) is 4.90 Å². The highest BCUT2D eigenvalue weighted by Gasteiger charge is 2.84. The maximum absolute atomic E-state index is 12.6. The van der Waals surface area contributed by atoms with Gasteiger partial charge in [-0.2, -0.15) is 0 Å². The molecule has 47 heavy (non-hydrogen) atoms. The van der Waals surface area contributed by atoms with E-state index in [-0.39, 0.29) is 64.1 Å². The van der Waals surface area contributed by atoms with Gasteiger partial charge in [0.1, 0.15) is 6.10 Å². The van der Waals surface area contributed by atoms with Gasteiger partial charge in [-0.25, -0.2) is 0 Å². The Labute approximate surface area is 282 Å². The van der Waals surface area contributed by atoms with Crippen LogP contribution in [0.1, 0.15) is 107 Å². The van der Waals surface area contributed by atoms with Crippen LogP contribution in [0, 0.1) is 50.7 Å². The topological polar surface area (TPSA) is 118 Å². The molecule has 2 aliphatic heterocycles. The monoisotopic (exact) mass is 661 g/mol. The Bertz CT molecular complexity index is 1220. The van der Waals surface area contributed by atoms with Gasteiger partial charge in [-0.1, -0.05) is 34.6 Å². The number of carbonyl (C=O) groups is 1. The Morgan fingerprint density at radius 1 is 1.06 bits per heavy atom. The minimum atomic E-state index is -1.03. The Hall–Kier alpha value is -0.810. The van der Waals surface area contributed by atoms with E-state index in [1.807, 2.05) is 25.7 Å². The molecule has 7 rings (SSSR count). The number of carboxylic acids is 1. The summed E-state index contributed by atoms with van der Waals surface area (Å²) in [5.74, 6) is 0.843. The molecule has 2 spiro atoms. The number of aliphatic carboxylic acids is 1. The average Bonchev–Trinajstić information content (AvgIpc) is 3.61. The number of hydrogen-bond acceptors (Lipinski definition) is 8. The van der Waals surface area contributed by atoms with E-state index in [4.69, 9.17) is 18.9 Å². The van der Waals surface area contributed by atoms with Gasteiger partial charge in [-0.05, 0) is 117 Å². The lowest BCUT2D eigenvalue weighted by Crippen LogP contribution is -2.60. The molecule has 9 nitrogen and oxygen atoms in total. The van der Waals surface area contributed by atoms with Gasteiger partial charge in [0.15, 0.2) is 6.29 Å². The molecule has 0 radical (unpaired) electrons. The molecular formula is C38H63NO8. The molecule has 7 aliphatic rings. The van der Waals surface area contributed by atoms with E-state index in [1.165, 1.54) is 12.8 Å². The highest BCUT2D eigenvalue weighted by Crippen LogP contribution is 2.89. The van der Waals surface area contributed by atoms with Gasteiger partial charge in [-0.3, -0.25) is 9.69 Å². The number of aliphatic hydroxyl groups is 2. The summed E-state index contributed by atoms with van der Waals surface area (Å²) in [6.45, 7) is 19.8. The second kappa shape index (κ2) is 11.3. The summed E-state index contributed by atoms with van der Waals surface area (Å²) in [6, 6.07) is 0. The molecule has 5 saturated carbocycles. The maximum Gasteiger partial charge on any atom is 0.317 e. The second-order valence-corrected chi connectivity index (χ2v) is 18.6. The number of fused-ring (bicyclic) bond motifs is 4. The summed E-state index contributed by atoms with van der Waals surface area (Å²) < 4.78 is 25.8. The van der Waals surface area contributed by atoms with Gasteiger partial charge < -0.3 is 34.3 Å². The molecule has 2 saturated heterocycles. The predicted molar refractivity (Wildman–Crippen MR) is 176 cm³/mol. The first-order chi connectivity index (χ1) is 22.0. The summed E-state index contributed by atoms with van der Waals surface area (Å²) in [4.78, 5) is 13.3. The number of morpholine rings is 1. The predicted octanol–water partition coefficient (Wildman–Crippen LogP) is 5.10. The van der Waals surface area contributed by atoms with Crippen molar-refractivity contribution in [3.63, 3.8) is 0 Å². The van der Waals surface area contributed by atoms with E-state index in [0.29, 0.717) is 44.1 Å². The molecule has 14 atom stereocenters. The highest BCUT2D eigenvalue weighted by atomic mass is 16.7. The molecule has 2 heterocycles. The molecule has 7 fully saturated rings. The van der Waals surface area contributed by atoms with E-state index in [2.05, 4.69) is 34.6 Å². The summed E-state index contributed by atoms with van der Waals surface area (Å²) in [5.41, 5.74) is -0.767. The minimum Gasteiger partial charge on any atom is -0.480 e. The summed E-state index contributed by atoms with van der Waals surface area (Å²) in [6.07, 6.45) is 7.09. The zero-order valence-electron chi connectivity index (χ0n) is 30.3. The SMILES string of the molecule is CCOC([C@@H]1C[C@@H](C)[C@H]2C(O1)[C@H](O)[C@@]1(C)C3CC[C@H]4C(C)(C)C(O[C@H]5CN(CC(=O)O)CCO5)CCC45CC35CCC21C)C(C)(C)O. The van der Waals surface area contributed by atoms with Crippen molar-refractivity contribution in [2.24, 2.45) is 50.7 Å². The van der Waals surface area contributed by atoms with Crippen LogP contribution in [0.4, 0.5) is 0 Å². The molecule has 0 aromatic rings. The number of nitrogens with zero attached hydrogens (tertiary/aromatic N) is 1. The number of carboxylic acid groups (broad SMARTS) is 1. The molecule has 0 aromatic heterocycles. The quantitative estimate of drug-likeness (QED) is 0.327. The number of hydrogen-bond donors (Lipinski definition) is 3. The Balaban J connectivity index is 1.12. The fraction of sp³-hybridized carbons (Fsp3) is 0.974. The smallest absolute Gasteiger partial charge is 0.317 e. The van der Waals surface area contributed by atoms with Gasteiger partial charge in [0.05, 0.1) is 49.7 Å². The first kappa shape index (κ1) is 34.6. The van der Waals surface area contributed by atoms with Gasteiger partial charge in [0, 0.05) is 18.6 Å². The Kier molecular flexibility index (Phi) is 8.36. The molecule has 0 amide bonds. The van der Waals surface area contributed by atoms with Crippen molar-refractivity contribution in [1.29, 1.82) is 0 Å². The van der Waals surface area contributed by atoms with Crippen molar-refractivity contribution in [3.05, 3.63) is 0 Å². The van der Waals surface area contributed by atoms with Crippen LogP contribution in [0.5, 0.6) is 0 Å². The lowest BCUT2D eigenvalue weighted by Gasteiger charge is -2.64. The summed E-state index contributed by atoms with van der Waals surface area (Å²) >= 11 is 0. The highest BCUT2D eigenvalue weighted by molar-refractivity contribution is 5.69. The summed E-state index contributed by atoms with van der Waals surface area (Å²) in [7, 11) is 0. The fourth-order valence-electron chi connectivity index (χ4n) is 14.0. The van der Waals surface area contributed by atoms with E-state index >= 15 is 0 Å². The van der Waals surface area contributed by atoms with Crippen LogP contribution in [0.3, 0.4) is 0 Å². The zero-order chi connectivity index (χ0) is 33.9. The molecule has 3 N–H and O–H groups in total. The van der Waals surface area contributed by atoms with Gasteiger partial charge in [0.25, 0.3) is 0 Å². The van der Waals surface area contributed by atoms with Crippen molar-refractivity contribution in [2.45, 2.75) is 149 Å². The van der Waals surface area contributed by atoms with Crippen LogP contribution in [0.25, 0.3) is 0 Å². The number of aliphatic hydroxyl groups excluding tert-OH is 1. The van der Waals surface area contributed by atoms with E-state index in [1.54, 1.807) is 0 Å². The second-order valence-electron chi connectivity index (χ2n) is 18.6. The third-order valence-electron chi connectivity index (χ3n) is 15.9. The largest absolute Gasteiger partial charge is 0.480 e. The maximum atomic E-state index is 12.6. The van der Waals surface area contributed by atoms with E-state index < -0.39 is 23.8 Å². The van der Waals surface area contributed by atoms with Crippen LogP contribution in [0.2, 0.25) is 0 Å². The summed E-state index contributed by atoms with van der Waals surface area (Å²) in [5, 5.41) is 32.9. The van der Waals surface area contributed by atoms with Gasteiger partial charge in [0.2, 0.25) is 0 Å². The molecule has 7 unspecified atom stereocenters. The third-order valence-corrected chi connectivity index (χ3v) is 15.9. The molecule has 0 bridgehead atoms. The van der Waals surface area contributed by atoms with Crippen molar-refractivity contribution >= 4 is 5.97 Å². The van der Waals surface area contributed by atoms with Crippen molar-refractivity contribution < 1.29 is 39.1 Å². The van der Waals surface area contributed by atoms with Gasteiger partial charge in [-0.15, -0.1) is 0 Å². The normalized spacial score (nSPS) is 51.1. The van der Waals surface area contributed by atoms with E-state index in [9.17, 15) is 20.1 Å². The fourth-order valence-corrected chi connectivity index (χ4v) is 14.0. The Morgan fingerprint density at radius 3 is 2.45 bits per heavy atom. The van der Waals surface area contributed by atoms with Crippen LogP contribution >= 0.6 is 0 Å². The standard InChI is InChI=1S/C38H63NO8/c1-9-44-32(34(5,6)43)23-18-22(2)29-30(46-23)31(42)36(8)25-11-10-24-33(3,4)26(47-28-20-39(16-17-45-28)19-27(40)41)12-13-37(24)21-38(25,37)15-14-35(29,36)7/h22-26,28-32,42-43H,9-21H2,1-8H3,(H,40,41)/t22-,23+,24+,25?,26?,28+,29+,30?,31+,32?,35?,36-,37?,38?/m1/s1. The van der Waals surface area contributed by atoms with Crippen LogP contribution in [0.15, 0.2) is 0 Å². The third kappa shape index (κ3) is 4.82. The van der Waals surface area contributed by atoms with E-state index in [0.717, 1.165) is 38.5 Å².